The highest BCUT2D eigenvalue weighted by Crippen LogP contribution is 2.32. The zero-order valence-corrected chi connectivity index (χ0v) is 9.33. The molecule has 0 atom stereocenters. The minimum Gasteiger partial charge on any atom is -0.436 e. The molecule has 1 aromatic carbocycles. The SMILES string of the molecule is c1ccc(Oc2ccn[nH]2)c(Oc2ccn[nH]2)c1. The normalized spacial score (nSPS) is 10.2. The number of rotatable bonds is 4. The number of aromatic nitrogens is 4. The van der Waals surface area contributed by atoms with Crippen molar-refractivity contribution in [2.75, 3.05) is 0 Å². The number of para-hydroxylation sites is 2. The van der Waals surface area contributed by atoms with Crippen molar-refractivity contribution in [3.05, 3.63) is 48.8 Å². The van der Waals surface area contributed by atoms with Crippen molar-refractivity contribution in [3.63, 3.8) is 0 Å². The number of nitrogens with zero attached hydrogens (tertiary/aromatic N) is 2. The molecular weight excluding hydrogens is 232 g/mol. The van der Waals surface area contributed by atoms with Gasteiger partial charge in [0.1, 0.15) is 0 Å². The Morgan fingerprint density at radius 2 is 1.22 bits per heavy atom. The van der Waals surface area contributed by atoms with Gasteiger partial charge in [-0.25, -0.2) is 10.2 Å². The van der Waals surface area contributed by atoms with Crippen LogP contribution >= 0.6 is 0 Å². The van der Waals surface area contributed by atoms with Crippen molar-refractivity contribution < 1.29 is 9.47 Å². The van der Waals surface area contributed by atoms with Crippen LogP contribution in [0.25, 0.3) is 0 Å². The fraction of sp³-hybridized carbons (Fsp3) is 0. The lowest BCUT2D eigenvalue weighted by atomic mass is 10.3. The molecule has 2 aromatic heterocycles. The molecule has 3 aromatic rings. The number of nitrogens with one attached hydrogen (secondary N) is 2. The van der Waals surface area contributed by atoms with E-state index in [2.05, 4.69) is 20.4 Å². The van der Waals surface area contributed by atoms with E-state index in [0.29, 0.717) is 23.3 Å². The Morgan fingerprint density at radius 1 is 0.722 bits per heavy atom. The van der Waals surface area contributed by atoms with Crippen molar-refractivity contribution in [1.29, 1.82) is 0 Å². The summed E-state index contributed by atoms with van der Waals surface area (Å²) in [5.41, 5.74) is 0. The minimum atomic E-state index is 0.552. The second kappa shape index (κ2) is 4.62. The summed E-state index contributed by atoms with van der Waals surface area (Å²) in [6, 6.07) is 10.8. The van der Waals surface area contributed by atoms with Crippen molar-refractivity contribution in [3.8, 4) is 23.3 Å². The number of hydrogen-bond acceptors (Lipinski definition) is 4. The van der Waals surface area contributed by atoms with Crippen LogP contribution in [0.4, 0.5) is 0 Å². The fourth-order valence-corrected chi connectivity index (χ4v) is 1.46. The van der Waals surface area contributed by atoms with Gasteiger partial charge in [0, 0.05) is 12.1 Å². The van der Waals surface area contributed by atoms with Crippen LogP contribution in [0.15, 0.2) is 48.8 Å². The third-order valence-electron chi connectivity index (χ3n) is 2.24. The van der Waals surface area contributed by atoms with Gasteiger partial charge in [-0.3, -0.25) is 0 Å². The van der Waals surface area contributed by atoms with E-state index < -0.39 is 0 Å². The Morgan fingerprint density at radius 3 is 1.61 bits per heavy atom. The van der Waals surface area contributed by atoms with Gasteiger partial charge in [0.15, 0.2) is 11.5 Å². The first-order valence-corrected chi connectivity index (χ1v) is 5.35. The number of benzene rings is 1. The quantitative estimate of drug-likeness (QED) is 0.737. The van der Waals surface area contributed by atoms with E-state index in [0.717, 1.165) is 0 Å². The minimum absolute atomic E-state index is 0.552. The third-order valence-corrected chi connectivity index (χ3v) is 2.24. The van der Waals surface area contributed by atoms with Gasteiger partial charge in [-0.15, -0.1) is 0 Å². The summed E-state index contributed by atoms with van der Waals surface area (Å²) in [5.74, 6) is 2.29. The molecule has 2 N–H and O–H groups in total. The maximum atomic E-state index is 5.62. The first-order chi connectivity index (χ1) is 8.92. The standard InChI is InChI=1S/C12H10N4O2/c1-2-4-10(18-12-6-8-14-16-12)9(3-1)17-11-5-7-13-15-11/h1-8H,(H,13,15)(H,14,16). The van der Waals surface area contributed by atoms with Crippen molar-refractivity contribution >= 4 is 0 Å². The largest absolute Gasteiger partial charge is 0.436 e. The van der Waals surface area contributed by atoms with Crippen molar-refractivity contribution in [2.45, 2.75) is 0 Å². The Hall–Kier alpha value is -2.76. The van der Waals surface area contributed by atoms with E-state index in [9.17, 15) is 0 Å². The van der Waals surface area contributed by atoms with Gasteiger partial charge < -0.3 is 9.47 Å². The van der Waals surface area contributed by atoms with Crippen LogP contribution in [0.1, 0.15) is 0 Å². The third kappa shape index (κ3) is 2.17. The molecule has 0 amide bonds. The van der Waals surface area contributed by atoms with Gasteiger partial charge in [-0.2, -0.15) is 10.2 Å². The van der Waals surface area contributed by atoms with Gasteiger partial charge >= 0.3 is 0 Å². The van der Waals surface area contributed by atoms with Crippen molar-refractivity contribution in [1.82, 2.24) is 20.4 Å². The summed E-state index contributed by atoms with van der Waals surface area (Å²) >= 11 is 0. The van der Waals surface area contributed by atoms with Gasteiger partial charge in [0.25, 0.3) is 0 Å². The van der Waals surface area contributed by atoms with E-state index in [4.69, 9.17) is 9.47 Å². The fourth-order valence-electron chi connectivity index (χ4n) is 1.46. The molecule has 6 nitrogen and oxygen atoms in total. The molecular formula is C12H10N4O2. The number of aromatic amines is 2. The Bertz CT molecular complexity index is 550. The molecule has 0 aliphatic carbocycles. The molecule has 18 heavy (non-hydrogen) atoms. The van der Waals surface area contributed by atoms with Crippen molar-refractivity contribution in [2.24, 2.45) is 0 Å². The summed E-state index contributed by atoms with van der Waals surface area (Å²) < 4.78 is 11.2. The molecule has 0 bridgehead atoms. The maximum absolute atomic E-state index is 5.62. The number of H-pyrrole nitrogens is 2. The first-order valence-electron chi connectivity index (χ1n) is 5.35. The lowest BCUT2D eigenvalue weighted by Crippen LogP contribution is -1.90. The summed E-state index contributed by atoms with van der Waals surface area (Å²) in [7, 11) is 0. The van der Waals surface area contributed by atoms with E-state index in [-0.39, 0.29) is 0 Å². The summed E-state index contributed by atoms with van der Waals surface area (Å²) in [5, 5.41) is 13.1. The highest BCUT2D eigenvalue weighted by Gasteiger charge is 2.07. The molecule has 0 saturated carbocycles. The predicted octanol–water partition coefficient (Wildman–Crippen LogP) is 2.72. The van der Waals surface area contributed by atoms with Gasteiger partial charge in [-0.1, -0.05) is 12.1 Å². The molecule has 0 spiro atoms. The predicted molar refractivity (Wildman–Crippen MR) is 63.8 cm³/mol. The lowest BCUT2D eigenvalue weighted by Gasteiger charge is -2.09. The first kappa shape index (κ1) is 10.4. The molecule has 0 saturated heterocycles. The zero-order chi connectivity index (χ0) is 12.2. The van der Waals surface area contributed by atoms with Crippen LogP contribution in [0.2, 0.25) is 0 Å². The lowest BCUT2D eigenvalue weighted by molar-refractivity contribution is 0.401. The average Bonchev–Trinajstić information content (AvgIpc) is 3.05. The van der Waals surface area contributed by atoms with Crippen LogP contribution in [0, 0.1) is 0 Å². The molecule has 0 radical (unpaired) electrons. The van der Waals surface area contributed by atoms with E-state index in [1.807, 2.05) is 24.3 Å². The Kier molecular flexibility index (Phi) is 2.67. The number of hydrogen-bond donors (Lipinski definition) is 2. The molecule has 0 aliphatic rings. The Labute approximate surface area is 103 Å². The highest BCUT2D eigenvalue weighted by atomic mass is 16.5. The van der Waals surface area contributed by atoms with Crippen LogP contribution < -0.4 is 9.47 Å². The van der Waals surface area contributed by atoms with E-state index in [1.165, 1.54) is 0 Å². The van der Waals surface area contributed by atoms with Crippen LogP contribution in [0.5, 0.6) is 23.3 Å². The second-order valence-corrected chi connectivity index (χ2v) is 3.49. The smallest absolute Gasteiger partial charge is 0.215 e. The van der Waals surface area contributed by atoms with Gasteiger partial charge in [0.2, 0.25) is 11.8 Å². The topological polar surface area (TPSA) is 75.8 Å². The molecule has 0 fully saturated rings. The van der Waals surface area contributed by atoms with Crippen LogP contribution in [-0.2, 0) is 0 Å². The molecule has 0 aliphatic heterocycles. The maximum Gasteiger partial charge on any atom is 0.215 e. The molecule has 2 heterocycles. The highest BCUT2D eigenvalue weighted by molar-refractivity contribution is 5.43. The molecule has 3 rings (SSSR count). The monoisotopic (exact) mass is 242 g/mol. The molecule has 0 unspecified atom stereocenters. The van der Waals surface area contributed by atoms with Crippen LogP contribution in [0.3, 0.4) is 0 Å². The summed E-state index contributed by atoms with van der Waals surface area (Å²) in [6.07, 6.45) is 3.24. The van der Waals surface area contributed by atoms with Gasteiger partial charge in [0.05, 0.1) is 12.4 Å². The van der Waals surface area contributed by atoms with Gasteiger partial charge in [-0.05, 0) is 12.1 Å². The van der Waals surface area contributed by atoms with Crippen LogP contribution in [-0.4, -0.2) is 20.4 Å². The average molecular weight is 242 g/mol. The summed E-state index contributed by atoms with van der Waals surface area (Å²) in [4.78, 5) is 0. The summed E-state index contributed by atoms with van der Waals surface area (Å²) in [6.45, 7) is 0. The van der Waals surface area contributed by atoms with E-state index >= 15 is 0 Å². The molecule has 6 heteroatoms. The second-order valence-electron chi connectivity index (χ2n) is 3.49. The molecule has 90 valence electrons. The number of ether oxygens (including phenoxy) is 2. The van der Waals surface area contributed by atoms with E-state index in [1.54, 1.807) is 24.5 Å². The Balaban J connectivity index is 1.85. The zero-order valence-electron chi connectivity index (χ0n) is 9.33.